The highest BCUT2D eigenvalue weighted by Gasteiger charge is 2.35. The second-order valence-corrected chi connectivity index (χ2v) is 6.66. The predicted octanol–water partition coefficient (Wildman–Crippen LogP) is 3.58. The lowest BCUT2D eigenvalue weighted by Gasteiger charge is -2.35. The zero-order valence-corrected chi connectivity index (χ0v) is 13.6. The Morgan fingerprint density at radius 2 is 1.27 bits per heavy atom. The van der Waals surface area contributed by atoms with Crippen LogP contribution in [0.3, 0.4) is 0 Å². The summed E-state index contributed by atoms with van der Waals surface area (Å²) in [5.41, 5.74) is 7.73. The van der Waals surface area contributed by atoms with Crippen LogP contribution in [-0.2, 0) is 12.8 Å². The molecule has 0 bridgehead atoms. The van der Waals surface area contributed by atoms with Gasteiger partial charge in [0, 0.05) is 18.9 Å². The number of hydrogen-bond donors (Lipinski definition) is 2. The van der Waals surface area contributed by atoms with E-state index in [9.17, 15) is 5.11 Å². The van der Waals surface area contributed by atoms with E-state index in [2.05, 4.69) is 38.1 Å². The monoisotopic (exact) mass is 297 g/mol. The molecule has 0 aliphatic carbocycles. The molecule has 0 aliphatic rings. The smallest absolute Gasteiger partial charge is 0.0878 e. The van der Waals surface area contributed by atoms with Crippen molar-refractivity contribution in [2.45, 2.75) is 44.8 Å². The molecule has 2 nitrogen and oxygen atoms in total. The van der Waals surface area contributed by atoms with Gasteiger partial charge in [0.15, 0.2) is 0 Å². The first-order valence-electron chi connectivity index (χ1n) is 8.05. The molecule has 2 aromatic carbocycles. The minimum Gasteiger partial charge on any atom is -0.388 e. The number of aliphatic hydroxyl groups is 1. The third-order valence-electron chi connectivity index (χ3n) is 4.12. The van der Waals surface area contributed by atoms with Crippen molar-refractivity contribution in [3.8, 4) is 0 Å². The van der Waals surface area contributed by atoms with Crippen LogP contribution in [-0.4, -0.2) is 16.7 Å². The van der Waals surface area contributed by atoms with Gasteiger partial charge in [-0.1, -0.05) is 74.5 Å². The molecule has 118 valence electrons. The lowest BCUT2D eigenvalue weighted by molar-refractivity contribution is 0.00821. The molecule has 0 aliphatic heterocycles. The van der Waals surface area contributed by atoms with Crippen LogP contribution in [0.15, 0.2) is 60.7 Å². The lowest BCUT2D eigenvalue weighted by atomic mass is 9.79. The summed E-state index contributed by atoms with van der Waals surface area (Å²) in [6, 6.07) is 20.0. The Labute approximate surface area is 134 Å². The summed E-state index contributed by atoms with van der Waals surface area (Å²) in [6.07, 6.45) is 1.98. The van der Waals surface area contributed by atoms with Crippen molar-refractivity contribution in [2.24, 2.45) is 11.7 Å². The van der Waals surface area contributed by atoms with E-state index in [1.54, 1.807) is 0 Å². The SMILES string of the molecule is CC(C)CC(N)C(O)(Cc1ccccc1)Cc1ccccc1. The molecular formula is C20H27NO. The van der Waals surface area contributed by atoms with Crippen molar-refractivity contribution in [2.75, 3.05) is 0 Å². The van der Waals surface area contributed by atoms with E-state index in [0.717, 1.165) is 17.5 Å². The van der Waals surface area contributed by atoms with Crippen molar-refractivity contribution < 1.29 is 5.11 Å². The van der Waals surface area contributed by atoms with E-state index in [0.29, 0.717) is 18.8 Å². The topological polar surface area (TPSA) is 46.2 Å². The molecule has 0 aromatic heterocycles. The van der Waals surface area contributed by atoms with Gasteiger partial charge in [0.05, 0.1) is 5.60 Å². The molecule has 1 atom stereocenters. The van der Waals surface area contributed by atoms with Crippen molar-refractivity contribution >= 4 is 0 Å². The second kappa shape index (κ2) is 7.57. The van der Waals surface area contributed by atoms with E-state index >= 15 is 0 Å². The van der Waals surface area contributed by atoms with Gasteiger partial charge in [-0.2, -0.15) is 0 Å². The zero-order chi connectivity index (χ0) is 16.0. The molecule has 2 heteroatoms. The van der Waals surface area contributed by atoms with Crippen LogP contribution in [0.25, 0.3) is 0 Å². The molecule has 3 N–H and O–H groups in total. The van der Waals surface area contributed by atoms with Crippen molar-refractivity contribution in [1.82, 2.24) is 0 Å². The van der Waals surface area contributed by atoms with Crippen molar-refractivity contribution in [1.29, 1.82) is 0 Å². The van der Waals surface area contributed by atoms with Gasteiger partial charge in [-0.15, -0.1) is 0 Å². The quantitative estimate of drug-likeness (QED) is 0.820. The summed E-state index contributed by atoms with van der Waals surface area (Å²) in [5, 5.41) is 11.3. The molecule has 0 saturated heterocycles. The maximum Gasteiger partial charge on any atom is 0.0878 e. The largest absolute Gasteiger partial charge is 0.388 e. The minimum absolute atomic E-state index is 0.243. The van der Waals surface area contributed by atoms with Gasteiger partial charge < -0.3 is 10.8 Å². The normalized spacial score (nSPS) is 13.3. The van der Waals surface area contributed by atoms with E-state index in [1.807, 2.05) is 36.4 Å². The van der Waals surface area contributed by atoms with Gasteiger partial charge >= 0.3 is 0 Å². The van der Waals surface area contributed by atoms with E-state index in [-0.39, 0.29) is 6.04 Å². The number of hydrogen-bond acceptors (Lipinski definition) is 2. The highest BCUT2D eigenvalue weighted by molar-refractivity contribution is 5.22. The molecule has 0 saturated carbocycles. The molecule has 0 amide bonds. The minimum atomic E-state index is -0.924. The maximum atomic E-state index is 11.3. The highest BCUT2D eigenvalue weighted by Crippen LogP contribution is 2.25. The predicted molar refractivity (Wildman–Crippen MR) is 92.7 cm³/mol. The molecule has 0 fully saturated rings. The van der Waals surface area contributed by atoms with Gasteiger partial charge in [-0.25, -0.2) is 0 Å². The summed E-state index contributed by atoms with van der Waals surface area (Å²) in [7, 11) is 0. The van der Waals surface area contributed by atoms with Gasteiger partial charge in [0.25, 0.3) is 0 Å². The second-order valence-electron chi connectivity index (χ2n) is 6.66. The summed E-state index contributed by atoms with van der Waals surface area (Å²) in [6.45, 7) is 4.29. The van der Waals surface area contributed by atoms with E-state index in [4.69, 9.17) is 5.73 Å². The highest BCUT2D eigenvalue weighted by atomic mass is 16.3. The van der Waals surface area contributed by atoms with Crippen molar-refractivity contribution in [3.05, 3.63) is 71.8 Å². The lowest BCUT2D eigenvalue weighted by Crippen LogP contribution is -2.52. The summed E-state index contributed by atoms with van der Waals surface area (Å²) < 4.78 is 0. The van der Waals surface area contributed by atoms with Gasteiger partial charge in [-0.3, -0.25) is 0 Å². The third kappa shape index (κ3) is 4.69. The summed E-state index contributed by atoms with van der Waals surface area (Å²) in [4.78, 5) is 0. The summed E-state index contributed by atoms with van der Waals surface area (Å²) >= 11 is 0. The maximum absolute atomic E-state index is 11.3. The first-order valence-corrected chi connectivity index (χ1v) is 8.05. The van der Waals surface area contributed by atoms with Crippen LogP contribution in [0.5, 0.6) is 0 Å². The van der Waals surface area contributed by atoms with Crippen LogP contribution in [0.1, 0.15) is 31.4 Å². The van der Waals surface area contributed by atoms with Crippen LogP contribution in [0, 0.1) is 5.92 Å². The zero-order valence-electron chi connectivity index (χ0n) is 13.6. The van der Waals surface area contributed by atoms with E-state index < -0.39 is 5.60 Å². The Balaban J connectivity index is 2.23. The first kappa shape index (κ1) is 16.7. The first-order chi connectivity index (χ1) is 10.5. The Morgan fingerprint density at radius 3 is 1.64 bits per heavy atom. The van der Waals surface area contributed by atoms with Gasteiger partial charge in [0.2, 0.25) is 0 Å². The van der Waals surface area contributed by atoms with Crippen LogP contribution < -0.4 is 5.73 Å². The Bertz CT molecular complexity index is 509. The third-order valence-corrected chi connectivity index (χ3v) is 4.12. The average Bonchev–Trinajstić information content (AvgIpc) is 2.48. The molecular weight excluding hydrogens is 270 g/mol. The Kier molecular flexibility index (Phi) is 5.76. The van der Waals surface area contributed by atoms with Crippen LogP contribution >= 0.6 is 0 Å². The molecule has 0 spiro atoms. The van der Waals surface area contributed by atoms with E-state index in [1.165, 1.54) is 0 Å². The van der Waals surface area contributed by atoms with Crippen LogP contribution in [0.4, 0.5) is 0 Å². The fourth-order valence-corrected chi connectivity index (χ4v) is 2.95. The number of nitrogens with two attached hydrogens (primary N) is 1. The molecule has 1 unspecified atom stereocenters. The van der Waals surface area contributed by atoms with Gasteiger partial charge in [0.1, 0.15) is 0 Å². The van der Waals surface area contributed by atoms with Crippen LogP contribution in [0.2, 0.25) is 0 Å². The summed E-state index contributed by atoms with van der Waals surface area (Å²) in [5.74, 6) is 0.466. The number of rotatable bonds is 7. The van der Waals surface area contributed by atoms with Gasteiger partial charge in [-0.05, 0) is 23.5 Å². The fourth-order valence-electron chi connectivity index (χ4n) is 2.95. The molecule has 2 rings (SSSR count). The molecule has 22 heavy (non-hydrogen) atoms. The Morgan fingerprint density at radius 1 is 0.864 bits per heavy atom. The molecule has 0 radical (unpaired) electrons. The van der Waals surface area contributed by atoms with Crippen molar-refractivity contribution in [3.63, 3.8) is 0 Å². The number of benzene rings is 2. The molecule has 2 aromatic rings. The molecule has 0 heterocycles. The fraction of sp³-hybridized carbons (Fsp3) is 0.400. The standard InChI is InChI=1S/C20H27NO/c1-16(2)13-19(21)20(22,14-17-9-5-3-6-10-17)15-18-11-7-4-8-12-18/h3-12,16,19,22H,13-15,21H2,1-2H3. The Hall–Kier alpha value is -1.64. The average molecular weight is 297 g/mol.